The first-order valence-electron chi connectivity index (χ1n) is 5.85. The van der Waals surface area contributed by atoms with Gasteiger partial charge in [-0.25, -0.2) is 0 Å². The predicted octanol–water partition coefficient (Wildman–Crippen LogP) is 2.07. The van der Waals surface area contributed by atoms with E-state index in [-0.39, 0.29) is 18.8 Å². The van der Waals surface area contributed by atoms with Crippen molar-refractivity contribution in [3.8, 4) is 0 Å². The van der Waals surface area contributed by atoms with Crippen LogP contribution in [0, 0.1) is 6.92 Å². The summed E-state index contributed by atoms with van der Waals surface area (Å²) < 4.78 is 0.698. The first-order valence-corrected chi connectivity index (χ1v) is 7.02. The summed E-state index contributed by atoms with van der Waals surface area (Å²) in [6.45, 7) is 1.56. The third-order valence-electron chi connectivity index (χ3n) is 2.84. The molecule has 20 heavy (non-hydrogen) atoms. The molecule has 5 nitrogen and oxygen atoms in total. The van der Waals surface area contributed by atoms with E-state index in [1.54, 1.807) is 12.1 Å². The number of hydrogen-bond donors (Lipinski definition) is 2. The van der Waals surface area contributed by atoms with Crippen molar-refractivity contribution in [2.75, 3.05) is 18.5 Å². The van der Waals surface area contributed by atoms with E-state index in [4.69, 9.17) is 16.7 Å². The number of hydrogen-bond acceptors (Lipinski definition) is 4. The van der Waals surface area contributed by atoms with Crippen molar-refractivity contribution in [1.29, 1.82) is 0 Å². The minimum absolute atomic E-state index is 0.0138. The van der Waals surface area contributed by atoms with E-state index in [1.807, 2.05) is 6.92 Å². The fraction of sp³-hybridized carbons (Fsp3) is 0.231. The van der Waals surface area contributed by atoms with Gasteiger partial charge in [-0.2, -0.15) is 0 Å². The van der Waals surface area contributed by atoms with E-state index in [2.05, 4.69) is 21.2 Å². The number of β-amino-alcohol motifs (C(OH)–C–C–N with tert-alkyl or cyclic N) is 1. The van der Waals surface area contributed by atoms with Gasteiger partial charge in [-0.3, -0.25) is 14.5 Å². The van der Waals surface area contributed by atoms with Crippen LogP contribution in [0.5, 0.6) is 0 Å². The van der Waals surface area contributed by atoms with Crippen molar-refractivity contribution in [2.45, 2.75) is 6.92 Å². The maximum atomic E-state index is 12.0. The van der Waals surface area contributed by atoms with Crippen molar-refractivity contribution >= 4 is 45.0 Å². The molecule has 0 saturated heterocycles. The normalized spacial score (nSPS) is 14.8. The molecule has 0 fully saturated rings. The highest BCUT2D eigenvalue weighted by Gasteiger charge is 2.31. The Morgan fingerprint density at radius 3 is 2.70 bits per heavy atom. The standard InChI is InChI=1S/C13H12BrClN2O3/c1-7-4-8(15)5-9(14)12(7)16-10-6-11(19)17(2-3-18)13(10)20/h4-6,16,18H,2-3H2,1H3. The first-order chi connectivity index (χ1) is 9.43. The molecule has 0 unspecified atom stereocenters. The largest absolute Gasteiger partial charge is 0.395 e. The van der Waals surface area contributed by atoms with Gasteiger partial charge in [0.25, 0.3) is 11.8 Å². The van der Waals surface area contributed by atoms with Crippen molar-refractivity contribution in [3.63, 3.8) is 0 Å². The van der Waals surface area contributed by atoms with Crippen LogP contribution < -0.4 is 5.32 Å². The highest BCUT2D eigenvalue weighted by atomic mass is 79.9. The Kier molecular flexibility index (Phi) is 4.47. The zero-order valence-corrected chi connectivity index (χ0v) is 13.0. The second-order valence-corrected chi connectivity index (χ2v) is 5.57. The van der Waals surface area contributed by atoms with E-state index in [0.29, 0.717) is 15.2 Å². The van der Waals surface area contributed by atoms with Crippen LogP contribution in [0.25, 0.3) is 0 Å². The Balaban J connectivity index is 2.26. The zero-order valence-electron chi connectivity index (χ0n) is 10.6. The number of amides is 2. The van der Waals surface area contributed by atoms with Crippen LogP contribution in [0.3, 0.4) is 0 Å². The van der Waals surface area contributed by atoms with Crippen LogP contribution in [0.1, 0.15) is 5.56 Å². The number of rotatable bonds is 4. The Labute approximate surface area is 129 Å². The topological polar surface area (TPSA) is 69.6 Å². The molecule has 7 heteroatoms. The van der Waals surface area contributed by atoms with E-state index < -0.39 is 11.8 Å². The lowest BCUT2D eigenvalue weighted by molar-refractivity contribution is -0.137. The van der Waals surface area contributed by atoms with Gasteiger partial charge in [-0.1, -0.05) is 11.6 Å². The van der Waals surface area contributed by atoms with Gasteiger partial charge in [0.15, 0.2) is 0 Å². The lowest BCUT2D eigenvalue weighted by Crippen LogP contribution is -2.34. The number of anilines is 1. The quantitative estimate of drug-likeness (QED) is 0.808. The average molecular weight is 360 g/mol. The number of imide groups is 1. The second-order valence-electron chi connectivity index (χ2n) is 4.28. The Morgan fingerprint density at radius 1 is 1.40 bits per heavy atom. The molecule has 106 valence electrons. The predicted molar refractivity (Wildman–Crippen MR) is 79.4 cm³/mol. The highest BCUT2D eigenvalue weighted by molar-refractivity contribution is 9.10. The molecule has 0 bridgehead atoms. The van der Waals surface area contributed by atoms with Crippen LogP contribution in [0.15, 0.2) is 28.4 Å². The molecule has 1 aliphatic rings. The van der Waals surface area contributed by atoms with E-state index in [0.717, 1.165) is 10.5 Å². The monoisotopic (exact) mass is 358 g/mol. The lowest BCUT2D eigenvalue weighted by atomic mass is 10.2. The molecular weight excluding hydrogens is 348 g/mol. The molecule has 0 atom stereocenters. The van der Waals surface area contributed by atoms with Crippen LogP contribution in [0.4, 0.5) is 5.69 Å². The molecule has 0 aliphatic carbocycles. The summed E-state index contributed by atoms with van der Waals surface area (Å²) in [5.41, 5.74) is 1.69. The Hall–Kier alpha value is -1.37. The summed E-state index contributed by atoms with van der Waals surface area (Å²) in [4.78, 5) is 24.7. The molecule has 2 rings (SSSR count). The maximum Gasteiger partial charge on any atom is 0.277 e. The molecule has 0 aromatic heterocycles. The first kappa shape index (κ1) is 15.0. The van der Waals surface area contributed by atoms with Gasteiger partial charge < -0.3 is 10.4 Å². The van der Waals surface area contributed by atoms with Crippen molar-refractivity contribution in [1.82, 2.24) is 4.90 Å². The Bertz CT molecular complexity index is 593. The third kappa shape index (κ3) is 2.87. The van der Waals surface area contributed by atoms with Gasteiger partial charge in [0.1, 0.15) is 5.70 Å². The van der Waals surface area contributed by atoms with E-state index in [1.165, 1.54) is 6.08 Å². The number of benzene rings is 1. The van der Waals surface area contributed by atoms with Gasteiger partial charge in [-0.15, -0.1) is 0 Å². The fourth-order valence-corrected chi connectivity index (χ4v) is 2.97. The number of carbonyl (C=O) groups excluding carboxylic acids is 2. The number of aliphatic hydroxyl groups is 1. The second kappa shape index (κ2) is 5.95. The number of nitrogens with one attached hydrogen (secondary N) is 1. The summed E-state index contributed by atoms with van der Waals surface area (Å²) in [6, 6.07) is 3.45. The van der Waals surface area contributed by atoms with Gasteiger partial charge in [0.05, 0.1) is 18.8 Å². The molecule has 2 amide bonds. The van der Waals surface area contributed by atoms with Crippen LogP contribution >= 0.6 is 27.5 Å². The summed E-state index contributed by atoms with van der Waals surface area (Å²) in [7, 11) is 0. The van der Waals surface area contributed by atoms with E-state index >= 15 is 0 Å². The molecular formula is C13H12BrClN2O3. The molecule has 1 heterocycles. The van der Waals surface area contributed by atoms with Gasteiger partial charge in [0.2, 0.25) is 0 Å². The summed E-state index contributed by atoms with van der Waals surface area (Å²) >= 11 is 9.29. The number of aryl methyl sites for hydroxylation is 1. The highest BCUT2D eigenvalue weighted by Crippen LogP contribution is 2.31. The van der Waals surface area contributed by atoms with Crippen LogP contribution in [-0.2, 0) is 9.59 Å². The minimum Gasteiger partial charge on any atom is -0.395 e. The SMILES string of the molecule is Cc1cc(Cl)cc(Br)c1NC1=CC(=O)N(CCO)C1=O. The summed E-state index contributed by atoms with van der Waals surface area (Å²) in [5, 5.41) is 12.4. The van der Waals surface area contributed by atoms with Crippen molar-refractivity contribution < 1.29 is 14.7 Å². The average Bonchev–Trinajstić information content (AvgIpc) is 2.62. The van der Waals surface area contributed by atoms with Crippen molar-refractivity contribution in [3.05, 3.63) is 39.0 Å². The molecule has 1 aromatic carbocycles. The third-order valence-corrected chi connectivity index (χ3v) is 3.69. The van der Waals surface area contributed by atoms with Gasteiger partial charge in [0, 0.05) is 15.6 Å². The molecule has 2 N–H and O–H groups in total. The van der Waals surface area contributed by atoms with E-state index in [9.17, 15) is 9.59 Å². The lowest BCUT2D eigenvalue weighted by Gasteiger charge is -2.15. The number of carbonyl (C=O) groups is 2. The molecule has 1 aliphatic heterocycles. The summed E-state index contributed by atoms with van der Waals surface area (Å²) in [6.07, 6.45) is 1.22. The van der Waals surface area contributed by atoms with Crippen molar-refractivity contribution in [2.24, 2.45) is 0 Å². The fourth-order valence-electron chi connectivity index (χ4n) is 1.91. The van der Waals surface area contributed by atoms with Crippen LogP contribution in [0.2, 0.25) is 5.02 Å². The van der Waals surface area contributed by atoms with Crippen LogP contribution in [-0.4, -0.2) is 35.0 Å². The number of nitrogens with zero attached hydrogens (tertiary/aromatic N) is 1. The molecule has 0 spiro atoms. The van der Waals surface area contributed by atoms with Gasteiger partial charge >= 0.3 is 0 Å². The smallest absolute Gasteiger partial charge is 0.277 e. The summed E-state index contributed by atoms with van der Waals surface area (Å²) in [5.74, 6) is -0.889. The Morgan fingerprint density at radius 2 is 2.10 bits per heavy atom. The number of aliphatic hydroxyl groups excluding tert-OH is 1. The molecule has 0 radical (unpaired) electrons. The molecule has 1 aromatic rings. The maximum absolute atomic E-state index is 12.0. The van der Waals surface area contributed by atoms with Gasteiger partial charge in [-0.05, 0) is 40.5 Å². The zero-order chi connectivity index (χ0) is 14.9. The minimum atomic E-state index is -0.453. The molecule has 0 saturated carbocycles. The number of halogens is 2.